The van der Waals surface area contributed by atoms with Gasteiger partial charge >= 0.3 is 5.97 Å². The van der Waals surface area contributed by atoms with Gasteiger partial charge in [-0.3, -0.25) is 4.79 Å². The highest BCUT2D eigenvalue weighted by Crippen LogP contribution is 2.19. The largest absolute Gasteiger partial charge is 0.480 e. The standard InChI is InChI=1S/C11H13ClN2O4/c12-7-2-1-6(5-8(7)13)10(16)14-9(3-4-15)11(17)18/h1-2,5,9,15H,3-4,13H2,(H,14,16)(H,17,18)/t9-/m0/s1. The molecule has 0 unspecified atom stereocenters. The molecule has 0 heterocycles. The van der Waals surface area contributed by atoms with Crippen molar-refractivity contribution in [1.82, 2.24) is 5.32 Å². The minimum absolute atomic E-state index is 0.0653. The number of rotatable bonds is 5. The molecule has 0 fully saturated rings. The molecule has 6 nitrogen and oxygen atoms in total. The van der Waals surface area contributed by atoms with Crippen LogP contribution in [-0.4, -0.2) is 34.7 Å². The van der Waals surface area contributed by atoms with Crippen LogP contribution in [0.15, 0.2) is 18.2 Å². The van der Waals surface area contributed by atoms with Crippen molar-refractivity contribution in [3.63, 3.8) is 0 Å². The van der Waals surface area contributed by atoms with Crippen LogP contribution in [0.1, 0.15) is 16.8 Å². The molecule has 1 rings (SSSR count). The fourth-order valence-corrected chi connectivity index (χ4v) is 1.43. The molecule has 1 atom stereocenters. The maximum Gasteiger partial charge on any atom is 0.326 e. The van der Waals surface area contributed by atoms with Crippen molar-refractivity contribution < 1.29 is 19.8 Å². The monoisotopic (exact) mass is 272 g/mol. The summed E-state index contributed by atoms with van der Waals surface area (Å²) in [6.45, 7) is -0.333. The van der Waals surface area contributed by atoms with Gasteiger partial charge in [0.05, 0.1) is 10.7 Å². The van der Waals surface area contributed by atoms with Gasteiger partial charge in [0.2, 0.25) is 0 Å². The first kappa shape index (κ1) is 14.3. The maximum absolute atomic E-state index is 11.7. The molecule has 0 bridgehead atoms. The molecule has 0 aliphatic carbocycles. The summed E-state index contributed by atoms with van der Waals surface area (Å²) in [5.74, 6) is -1.79. The first-order valence-electron chi connectivity index (χ1n) is 5.15. The number of hydrogen-bond acceptors (Lipinski definition) is 4. The first-order valence-corrected chi connectivity index (χ1v) is 5.53. The van der Waals surface area contributed by atoms with Gasteiger partial charge < -0.3 is 21.3 Å². The van der Waals surface area contributed by atoms with Crippen molar-refractivity contribution in [2.75, 3.05) is 12.3 Å². The molecular formula is C11H13ClN2O4. The van der Waals surface area contributed by atoms with Gasteiger partial charge in [0.1, 0.15) is 6.04 Å². The second kappa shape index (κ2) is 6.23. The van der Waals surface area contributed by atoms with Gasteiger partial charge in [0, 0.05) is 18.6 Å². The van der Waals surface area contributed by atoms with Crippen LogP contribution in [0.4, 0.5) is 5.69 Å². The van der Waals surface area contributed by atoms with Crippen LogP contribution in [0.5, 0.6) is 0 Å². The van der Waals surface area contributed by atoms with E-state index in [0.29, 0.717) is 5.02 Å². The second-order valence-electron chi connectivity index (χ2n) is 3.61. The highest BCUT2D eigenvalue weighted by Gasteiger charge is 2.20. The molecule has 18 heavy (non-hydrogen) atoms. The van der Waals surface area contributed by atoms with Crippen molar-refractivity contribution in [3.05, 3.63) is 28.8 Å². The summed E-state index contributed by atoms with van der Waals surface area (Å²) in [6, 6.07) is 3.11. The fraction of sp³-hybridized carbons (Fsp3) is 0.273. The van der Waals surface area contributed by atoms with Crippen LogP contribution in [0, 0.1) is 0 Å². The maximum atomic E-state index is 11.7. The number of amides is 1. The quantitative estimate of drug-likeness (QED) is 0.583. The zero-order valence-corrected chi connectivity index (χ0v) is 10.1. The van der Waals surface area contributed by atoms with Crippen molar-refractivity contribution in [1.29, 1.82) is 0 Å². The number of aliphatic hydroxyl groups excluding tert-OH is 1. The Bertz CT molecular complexity index is 464. The van der Waals surface area contributed by atoms with E-state index in [2.05, 4.69) is 5.32 Å². The first-order chi connectivity index (χ1) is 8.45. The highest BCUT2D eigenvalue weighted by molar-refractivity contribution is 6.33. The van der Waals surface area contributed by atoms with E-state index in [4.69, 9.17) is 27.5 Å². The Morgan fingerprint density at radius 3 is 2.61 bits per heavy atom. The number of carbonyl (C=O) groups excluding carboxylic acids is 1. The molecule has 0 aliphatic rings. The number of nitrogens with one attached hydrogen (secondary N) is 1. The number of carboxylic acids is 1. The van der Waals surface area contributed by atoms with Gasteiger partial charge in [0.25, 0.3) is 5.91 Å². The summed E-state index contributed by atoms with van der Waals surface area (Å²) in [4.78, 5) is 22.5. The van der Waals surface area contributed by atoms with Crippen LogP contribution < -0.4 is 11.1 Å². The Hall–Kier alpha value is -1.79. The Balaban J connectivity index is 2.80. The van der Waals surface area contributed by atoms with Gasteiger partial charge in [-0.05, 0) is 18.2 Å². The molecule has 7 heteroatoms. The number of nitrogens with two attached hydrogens (primary N) is 1. The van der Waals surface area contributed by atoms with Crippen LogP contribution >= 0.6 is 11.6 Å². The second-order valence-corrected chi connectivity index (χ2v) is 4.02. The number of hydrogen-bond donors (Lipinski definition) is 4. The molecule has 0 aromatic heterocycles. The lowest BCUT2D eigenvalue weighted by atomic mass is 10.1. The van der Waals surface area contributed by atoms with E-state index in [1.807, 2.05) is 0 Å². The van der Waals surface area contributed by atoms with Crippen molar-refractivity contribution in [3.8, 4) is 0 Å². The molecule has 0 saturated carbocycles. The average molecular weight is 273 g/mol. The van der Waals surface area contributed by atoms with E-state index in [1.165, 1.54) is 18.2 Å². The Morgan fingerprint density at radius 1 is 1.44 bits per heavy atom. The van der Waals surface area contributed by atoms with E-state index in [1.54, 1.807) is 0 Å². The molecule has 0 spiro atoms. The minimum Gasteiger partial charge on any atom is -0.480 e. The van der Waals surface area contributed by atoms with Crippen LogP contribution in [0.3, 0.4) is 0 Å². The predicted octanol–water partition coefficient (Wildman–Crippen LogP) is 0.488. The molecule has 5 N–H and O–H groups in total. The van der Waals surface area contributed by atoms with E-state index in [-0.39, 0.29) is 24.3 Å². The predicted molar refractivity (Wildman–Crippen MR) is 66.5 cm³/mol. The smallest absolute Gasteiger partial charge is 0.326 e. The number of nitrogen functional groups attached to an aromatic ring is 1. The van der Waals surface area contributed by atoms with E-state index in [9.17, 15) is 9.59 Å². The van der Waals surface area contributed by atoms with Gasteiger partial charge in [-0.1, -0.05) is 11.6 Å². The number of carboxylic acid groups (broad SMARTS) is 1. The van der Waals surface area contributed by atoms with Gasteiger partial charge in [-0.25, -0.2) is 4.79 Å². The van der Waals surface area contributed by atoms with Crippen molar-refractivity contribution in [2.45, 2.75) is 12.5 Å². The molecule has 0 radical (unpaired) electrons. The number of aliphatic carboxylic acids is 1. The molecule has 0 aliphatic heterocycles. The zero-order valence-electron chi connectivity index (χ0n) is 9.39. The van der Waals surface area contributed by atoms with Crippen LogP contribution in [-0.2, 0) is 4.79 Å². The number of anilines is 1. The van der Waals surface area contributed by atoms with Gasteiger partial charge in [0.15, 0.2) is 0 Å². The van der Waals surface area contributed by atoms with E-state index in [0.717, 1.165) is 0 Å². The van der Waals surface area contributed by atoms with E-state index >= 15 is 0 Å². The topological polar surface area (TPSA) is 113 Å². The third-order valence-electron chi connectivity index (χ3n) is 2.28. The SMILES string of the molecule is Nc1cc(C(=O)N[C@@H](CCO)C(=O)O)ccc1Cl. The summed E-state index contributed by atoms with van der Waals surface area (Å²) < 4.78 is 0. The zero-order chi connectivity index (χ0) is 13.7. The molecular weight excluding hydrogens is 260 g/mol. The number of carbonyl (C=O) groups is 2. The summed E-state index contributed by atoms with van der Waals surface area (Å²) in [5, 5.41) is 20.1. The van der Waals surface area contributed by atoms with Crippen molar-refractivity contribution >= 4 is 29.2 Å². The Kier molecular flexibility index (Phi) is 4.94. The molecule has 98 valence electrons. The molecule has 1 aromatic carbocycles. The summed E-state index contributed by atoms with van der Waals surface area (Å²) >= 11 is 5.71. The normalized spacial score (nSPS) is 11.9. The van der Waals surface area contributed by atoms with Crippen LogP contribution in [0.2, 0.25) is 5.02 Å². The summed E-state index contributed by atoms with van der Waals surface area (Å²) in [7, 11) is 0. The highest BCUT2D eigenvalue weighted by atomic mass is 35.5. The lowest BCUT2D eigenvalue weighted by Gasteiger charge is -2.13. The number of aliphatic hydroxyl groups is 1. The van der Waals surface area contributed by atoms with Crippen molar-refractivity contribution in [2.24, 2.45) is 0 Å². The molecule has 1 amide bonds. The lowest BCUT2D eigenvalue weighted by molar-refractivity contribution is -0.139. The number of halogens is 1. The lowest BCUT2D eigenvalue weighted by Crippen LogP contribution is -2.41. The fourth-order valence-electron chi connectivity index (χ4n) is 1.31. The summed E-state index contributed by atoms with van der Waals surface area (Å²) in [5.41, 5.74) is 5.98. The Labute approximate surface area is 108 Å². The van der Waals surface area contributed by atoms with Crippen LogP contribution in [0.25, 0.3) is 0 Å². The third-order valence-corrected chi connectivity index (χ3v) is 2.62. The Morgan fingerprint density at radius 2 is 2.11 bits per heavy atom. The van der Waals surface area contributed by atoms with Gasteiger partial charge in [-0.15, -0.1) is 0 Å². The van der Waals surface area contributed by atoms with E-state index < -0.39 is 17.9 Å². The number of benzene rings is 1. The molecule has 0 saturated heterocycles. The third kappa shape index (κ3) is 3.61. The van der Waals surface area contributed by atoms with Gasteiger partial charge in [-0.2, -0.15) is 0 Å². The summed E-state index contributed by atoms with van der Waals surface area (Å²) in [6.07, 6.45) is -0.0653. The minimum atomic E-state index is -1.21. The average Bonchev–Trinajstić information content (AvgIpc) is 2.31. The molecule has 1 aromatic rings.